The van der Waals surface area contributed by atoms with Gasteiger partial charge in [0.25, 0.3) is 0 Å². The molecule has 114 valence electrons. The van der Waals surface area contributed by atoms with Crippen LogP contribution in [-0.2, 0) is 6.42 Å². The van der Waals surface area contributed by atoms with Gasteiger partial charge in [0.15, 0.2) is 0 Å². The SMILES string of the molecule is CNCCC(C)(C)CCc1ccc(OC)c2ccccc12. The minimum atomic E-state index is 0.365. The first-order valence-electron chi connectivity index (χ1n) is 7.76. The summed E-state index contributed by atoms with van der Waals surface area (Å²) in [6, 6.07) is 12.8. The van der Waals surface area contributed by atoms with Gasteiger partial charge in [-0.2, -0.15) is 0 Å². The van der Waals surface area contributed by atoms with Crippen molar-refractivity contribution in [2.24, 2.45) is 5.41 Å². The first kappa shape index (κ1) is 15.8. The third kappa shape index (κ3) is 3.98. The normalized spacial score (nSPS) is 11.8. The van der Waals surface area contributed by atoms with Crippen LogP contribution in [-0.4, -0.2) is 20.7 Å². The Morgan fingerprint density at radius 2 is 1.71 bits per heavy atom. The van der Waals surface area contributed by atoms with Crippen molar-refractivity contribution in [3.8, 4) is 5.75 Å². The summed E-state index contributed by atoms with van der Waals surface area (Å²) >= 11 is 0. The summed E-state index contributed by atoms with van der Waals surface area (Å²) < 4.78 is 5.47. The Kier molecular flexibility index (Phi) is 5.24. The number of rotatable bonds is 7. The Bertz CT molecular complexity index is 589. The number of hydrogen-bond donors (Lipinski definition) is 1. The highest BCUT2D eigenvalue weighted by Gasteiger charge is 2.17. The summed E-state index contributed by atoms with van der Waals surface area (Å²) in [7, 11) is 3.76. The molecule has 0 radical (unpaired) electrons. The number of hydrogen-bond acceptors (Lipinski definition) is 2. The predicted octanol–water partition coefficient (Wildman–Crippen LogP) is 4.42. The lowest BCUT2D eigenvalue weighted by atomic mass is 9.82. The van der Waals surface area contributed by atoms with Crippen molar-refractivity contribution in [2.75, 3.05) is 20.7 Å². The molecule has 0 unspecified atom stereocenters. The van der Waals surface area contributed by atoms with Crippen molar-refractivity contribution >= 4 is 10.8 Å². The summed E-state index contributed by atoms with van der Waals surface area (Å²) in [6.45, 7) is 5.79. The van der Waals surface area contributed by atoms with Crippen molar-refractivity contribution in [3.05, 3.63) is 42.0 Å². The van der Waals surface area contributed by atoms with Crippen molar-refractivity contribution in [1.29, 1.82) is 0 Å². The molecule has 0 saturated carbocycles. The first-order valence-corrected chi connectivity index (χ1v) is 7.76. The van der Waals surface area contributed by atoms with Crippen LogP contribution in [0, 0.1) is 5.41 Å². The second-order valence-corrected chi connectivity index (χ2v) is 6.49. The standard InChI is InChI=1S/C19H27NO/c1-19(2,13-14-20-3)12-11-15-9-10-18(21-4)17-8-6-5-7-16(15)17/h5-10,20H,11-14H2,1-4H3. The molecule has 21 heavy (non-hydrogen) atoms. The van der Waals surface area contributed by atoms with E-state index in [0.717, 1.165) is 18.7 Å². The van der Waals surface area contributed by atoms with Gasteiger partial charge in [-0.05, 0) is 55.3 Å². The molecule has 0 aliphatic heterocycles. The van der Waals surface area contributed by atoms with Gasteiger partial charge in [0.2, 0.25) is 0 Å². The number of nitrogens with one attached hydrogen (secondary N) is 1. The Morgan fingerprint density at radius 3 is 2.38 bits per heavy atom. The largest absolute Gasteiger partial charge is 0.496 e. The molecule has 0 spiro atoms. The van der Waals surface area contributed by atoms with E-state index in [-0.39, 0.29) is 0 Å². The Hall–Kier alpha value is -1.54. The zero-order valence-electron chi connectivity index (χ0n) is 13.7. The summed E-state index contributed by atoms with van der Waals surface area (Å²) in [6.07, 6.45) is 3.52. The van der Waals surface area contributed by atoms with E-state index in [4.69, 9.17) is 4.74 Å². The second kappa shape index (κ2) is 6.95. The molecule has 2 aromatic rings. The maximum atomic E-state index is 5.47. The van der Waals surface area contributed by atoms with Gasteiger partial charge >= 0.3 is 0 Å². The van der Waals surface area contributed by atoms with E-state index < -0.39 is 0 Å². The fourth-order valence-corrected chi connectivity index (χ4v) is 2.79. The molecule has 0 saturated heterocycles. The third-order valence-corrected chi connectivity index (χ3v) is 4.32. The summed E-state index contributed by atoms with van der Waals surface area (Å²) in [4.78, 5) is 0. The number of fused-ring (bicyclic) bond motifs is 1. The molecule has 2 nitrogen and oxygen atoms in total. The highest BCUT2D eigenvalue weighted by atomic mass is 16.5. The lowest BCUT2D eigenvalue weighted by Gasteiger charge is -2.25. The van der Waals surface area contributed by atoms with E-state index in [2.05, 4.69) is 55.6 Å². The average molecular weight is 285 g/mol. The van der Waals surface area contributed by atoms with E-state index in [1.54, 1.807) is 7.11 Å². The molecule has 0 heterocycles. The monoisotopic (exact) mass is 285 g/mol. The zero-order chi connectivity index (χ0) is 15.3. The van der Waals surface area contributed by atoms with E-state index >= 15 is 0 Å². The van der Waals surface area contributed by atoms with Gasteiger partial charge in [-0.15, -0.1) is 0 Å². The number of methoxy groups -OCH3 is 1. The van der Waals surface area contributed by atoms with E-state index in [1.165, 1.54) is 29.2 Å². The van der Waals surface area contributed by atoms with Gasteiger partial charge in [-0.3, -0.25) is 0 Å². The van der Waals surface area contributed by atoms with E-state index in [0.29, 0.717) is 5.41 Å². The lowest BCUT2D eigenvalue weighted by Crippen LogP contribution is -2.20. The van der Waals surface area contributed by atoms with Crippen LogP contribution in [0.15, 0.2) is 36.4 Å². The molecule has 0 amide bonds. The summed E-state index contributed by atoms with van der Waals surface area (Å²) in [5.41, 5.74) is 1.79. The number of aryl methyl sites for hydroxylation is 1. The molecule has 2 rings (SSSR count). The highest BCUT2D eigenvalue weighted by molar-refractivity contribution is 5.91. The lowest BCUT2D eigenvalue weighted by molar-refractivity contribution is 0.306. The van der Waals surface area contributed by atoms with Crippen molar-refractivity contribution in [3.63, 3.8) is 0 Å². The van der Waals surface area contributed by atoms with Crippen LogP contribution in [0.25, 0.3) is 10.8 Å². The quantitative estimate of drug-likeness (QED) is 0.813. The fraction of sp³-hybridized carbons (Fsp3) is 0.474. The van der Waals surface area contributed by atoms with Crippen LogP contribution < -0.4 is 10.1 Å². The molecule has 2 aromatic carbocycles. The maximum Gasteiger partial charge on any atom is 0.126 e. The molecule has 0 fully saturated rings. The average Bonchev–Trinajstić information content (AvgIpc) is 2.50. The minimum absolute atomic E-state index is 0.365. The van der Waals surface area contributed by atoms with Crippen LogP contribution in [0.2, 0.25) is 0 Å². The maximum absolute atomic E-state index is 5.47. The molecule has 1 N–H and O–H groups in total. The molecule has 0 atom stereocenters. The van der Waals surface area contributed by atoms with Crippen molar-refractivity contribution < 1.29 is 4.74 Å². The molecule has 0 bridgehead atoms. The Balaban J connectivity index is 2.19. The number of ether oxygens (including phenoxy) is 1. The van der Waals surface area contributed by atoms with Gasteiger partial charge < -0.3 is 10.1 Å². The van der Waals surface area contributed by atoms with Gasteiger partial charge in [-0.25, -0.2) is 0 Å². The molecule has 0 aliphatic rings. The van der Waals surface area contributed by atoms with Gasteiger partial charge in [0, 0.05) is 5.39 Å². The second-order valence-electron chi connectivity index (χ2n) is 6.49. The number of benzene rings is 2. The van der Waals surface area contributed by atoms with Crippen molar-refractivity contribution in [1.82, 2.24) is 5.32 Å². The van der Waals surface area contributed by atoms with Crippen molar-refractivity contribution in [2.45, 2.75) is 33.1 Å². The molecule has 0 aliphatic carbocycles. The zero-order valence-corrected chi connectivity index (χ0v) is 13.7. The molecule has 2 heteroatoms. The molecule has 0 aromatic heterocycles. The van der Waals surface area contributed by atoms with Gasteiger partial charge in [0.1, 0.15) is 5.75 Å². The van der Waals surface area contributed by atoms with Crippen LogP contribution in [0.1, 0.15) is 32.3 Å². The van der Waals surface area contributed by atoms with Crippen LogP contribution in [0.4, 0.5) is 0 Å². The van der Waals surface area contributed by atoms with E-state index in [9.17, 15) is 0 Å². The third-order valence-electron chi connectivity index (χ3n) is 4.32. The van der Waals surface area contributed by atoms with Gasteiger partial charge in [-0.1, -0.05) is 44.2 Å². The molecular weight excluding hydrogens is 258 g/mol. The van der Waals surface area contributed by atoms with Crippen LogP contribution >= 0.6 is 0 Å². The van der Waals surface area contributed by atoms with Crippen LogP contribution in [0.5, 0.6) is 5.75 Å². The highest BCUT2D eigenvalue weighted by Crippen LogP contribution is 2.32. The Labute approximate surface area is 128 Å². The van der Waals surface area contributed by atoms with E-state index in [1.807, 2.05) is 7.05 Å². The Morgan fingerprint density at radius 1 is 1.00 bits per heavy atom. The summed E-state index contributed by atoms with van der Waals surface area (Å²) in [5, 5.41) is 5.78. The van der Waals surface area contributed by atoms with Gasteiger partial charge in [0.05, 0.1) is 7.11 Å². The minimum Gasteiger partial charge on any atom is -0.496 e. The van der Waals surface area contributed by atoms with Crippen LogP contribution in [0.3, 0.4) is 0 Å². The fourth-order valence-electron chi connectivity index (χ4n) is 2.79. The topological polar surface area (TPSA) is 21.3 Å². The first-order chi connectivity index (χ1) is 10.1. The smallest absolute Gasteiger partial charge is 0.126 e. The molecular formula is C19H27NO. The predicted molar refractivity (Wildman–Crippen MR) is 91.1 cm³/mol. The summed E-state index contributed by atoms with van der Waals surface area (Å²) in [5.74, 6) is 0.962.